The number of esters is 2. The largest absolute Gasteiger partial charge is 0.478 e. The Hall–Kier alpha value is -5.89. The Morgan fingerprint density at radius 3 is 2.02 bits per heavy atom. The van der Waals surface area contributed by atoms with Gasteiger partial charge in [-0.05, 0) is 42.5 Å². The molecule has 218 valence electrons. The number of aromatic carboxylic acids is 2. The summed E-state index contributed by atoms with van der Waals surface area (Å²) < 4.78 is 9.88. The van der Waals surface area contributed by atoms with Crippen molar-refractivity contribution in [3.05, 3.63) is 87.1 Å². The lowest BCUT2D eigenvalue weighted by atomic mass is 10.1. The van der Waals surface area contributed by atoms with Gasteiger partial charge in [0.05, 0.1) is 63.6 Å². The molecule has 14 heteroatoms. The molecule has 0 atom stereocenters. The number of fused-ring (bicyclic) bond motifs is 4. The number of carbonyl (C=O) groups excluding carboxylic acids is 2. The van der Waals surface area contributed by atoms with Crippen LogP contribution in [0.25, 0.3) is 44.5 Å². The summed E-state index contributed by atoms with van der Waals surface area (Å²) in [6.07, 6.45) is 0. The molecule has 0 bridgehead atoms. The molecule has 0 amide bonds. The number of aromatic amines is 1. The topological polar surface area (TPSA) is 199 Å². The number of aromatic nitrogens is 4. The summed E-state index contributed by atoms with van der Waals surface area (Å²) in [5, 5.41) is 19.3. The number of nitrogens with one attached hydrogen (secondary N) is 1. The van der Waals surface area contributed by atoms with E-state index in [4.69, 9.17) is 9.47 Å². The molecule has 13 nitrogen and oxygen atoms in total. The number of benzene rings is 4. The zero-order chi connectivity index (χ0) is 31.3. The molecular formula is C30H18N4O9S. The third kappa shape index (κ3) is 4.62. The Balaban J connectivity index is 1.60. The molecule has 1 aliphatic carbocycles. The highest BCUT2D eigenvalue weighted by Crippen LogP contribution is 2.35. The molecular weight excluding hydrogens is 592 g/mol. The van der Waals surface area contributed by atoms with E-state index in [1.54, 1.807) is 12.1 Å². The highest BCUT2D eigenvalue weighted by Gasteiger charge is 2.26. The molecule has 0 saturated carbocycles. The van der Waals surface area contributed by atoms with Crippen LogP contribution in [0.15, 0.2) is 69.2 Å². The van der Waals surface area contributed by atoms with Crippen molar-refractivity contribution in [1.29, 1.82) is 0 Å². The lowest BCUT2D eigenvalue weighted by Gasteiger charge is -2.15. The minimum absolute atomic E-state index is 0.00101. The van der Waals surface area contributed by atoms with E-state index in [2.05, 4.69) is 19.9 Å². The van der Waals surface area contributed by atoms with Crippen molar-refractivity contribution in [2.75, 3.05) is 14.2 Å². The smallest absolute Gasteiger partial charge is 0.340 e. The molecule has 0 spiro atoms. The Morgan fingerprint density at radius 2 is 1.34 bits per heavy atom. The van der Waals surface area contributed by atoms with Gasteiger partial charge in [0.1, 0.15) is 22.2 Å². The number of hydrogen-bond donors (Lipinski definition) is 3. The summed E-state index contributed by atoms with van der Waals surface area (Å²) in [6.45, 7) is 0. The number of rotatable bonds is 6. The van der Waals surface area contributed by atoms with Gasteiger partial charge >= 0.3 is 23.9 Å². The molecule has 44 heavy (non-hydrogen) atoms. The number of nitrogens with zero attached hydrogens (tertiary/aromatic N) is 3. The quantitative estimate of drug-likeness (QED) is 0.179. The molecule has 1 aliphatic heterocycles. The van der Waals surface area contributed by atoms with Gasteiger partial charge in [0.2, 0.25) is 5.43 Å². The van der Waals surface area contributed by atoms with Crippen LogP contribution in [0.4, 0.5) is 0 Å². The first-order chi connectivity index (χ1) is 21.1. The second kappa shape index (κ2) is 10.7. The summed E-state index contributed by atoms with van der Waals surface area (Å²) >= 11 is 0.877. The minimum Gasteiger partial charge on any atom is -0.478 e. The van der Waals surface area contributed by atoms with Gasteiger partial charge in [-0.15, -0.1) is 0 Å². The molecule has 0 fully saturated rings. The Kier molecular flexibility index (Phi) is 6.90. The third-order valence-electron chi connectivity index (χ3n) is 6.78. The van der Waals surface area contributed by atoms with Crippen molar-refractivity contribution in [3.8, 4) is 11.4 Å². The van der Waals surface area contributed by atoms with Crippen molar-refractivity contribution in [3.63, 3.8) is 0 Å². The summed E-state index contributed by atoms with van der Waals surface area (Å²) in [4.78, 5) is 79.6. The lowest BCUT2D eigenvalue weighted by molar-refractivity contribution is 0.0592. The van der Waals surface area contributed by atoms with Gasteiger partial charge in [-0.3, -0.25) is 4.79 Å². The summed E-state index contributed by atoms with van der Waals surface area (Å²) in [5.74, 6) is -4.00. The Bertz CT molecular complexity index is 2260. The van der Waals surface area contributed by atoms with Gasteiger partial charge < -0.3 is 24.7 Å². The number of carbonyl (C=O) groups is 4. The average Bonchev–Trinajstić information content (AvgIpc) is 3.02. The van der Waals surface area contributed by atoms with Gasteiger partial charge in [-0.25, -0.2) is 34.1 Å². The maximum Gasteiger partial charge on any atom is 0.340 e. The lowest BCUT2D eigenvalue weighted by Crippen LogP contribution is -2.18. The van der Waals surface area contributed by atoms with E-state index >= 15 is 0 Å². The fraction of sp³-hybridized carbons (Fsp3) is 0.0667. The second-order valence-corrected chi connectivity index (χ2v) is 10.5. The molecule has 2 heterocycles. The fourth-order valence-corrected chi connectivity index (χ4v) is 5.76. The number of para-hydroxylation sites is 2. The average molecular weight is 611 g/mol. The maximum absolute atomic E-state index is 13.8. The van der Waals surface area contributed by atoms with Crippen LogP contribution in [0, 0.1) is 0 Å². The summed E-state index contributed by atoms with van der Waals surface area (Å²) in [5.41, 5.74) is -0.124. The Labute approximate surface area is 249 Å². The van der Waals surface area contributed by atoms with Crippen LogP contribution in [0.5, 0.6) is 0 Å². The number of carboxylic acids is 2. The first kappa shape index (κ1) is 28.2. The van der Waals surface area contributed by atoms with E-state index in [1.165, 1.54) is 56.7 Å². The van der Waals surface area contributed by atoms with E-state index < -0.39 is 29.3 Å². The van der Waals surface area contributed by atoms with Crippen molar-refractivity contribution in [2.24, 2.45) is 0 Å². The predicted molar refractivity (Wildman–Crippen MR) is 157 cm³/mol. The number of carboxylic acid groups (broad SMARTS) is 2. The molecule has 3 aromatic carbocycles. The minimum atomic E-state index is -1.26. The summed E-state index contributed by atoms with van der Waals surface area (Å²) in [6, 6.07) is 13.1. The van der Waals surface area contributed by atoms with Crippen molar-refractivity contribution < 1.29 is 38.9 Å². The van der Waals surface area contributed by atoms with E-state index in [9.17, 15) is 34.2 Å². The van der Waals surface area contributed by atoms with E-state index in [0.717, 1.165) is 11.8 Å². The standard InChI is InChI=1S/C30H18N4O9S/c1-42-29(40)15-9-12(10-19-23(15)31-17-7-3-5-13(27(36)37)21(17)33-19)44-20-11-16(30(41)43-2)24-25(26(20)35)34-22-14(28(38)39)6-4-8-18(22)32-24/h3-11,32H,1-2H3,(H,36,37)(H,38,39). The molecule has 4 aromatic rings. The van der Waals surface area contributed by atoms with E-state index in [0.29, 0.717) is 4.90 Å². The maximum atomic E-state index is 13.8. The number of ether oxygens (including phenoxy) is 2. The fourth-order valence-electron chi connectivity index (χ4n) is 4.79. The first-order valence-electron chi connectivity index (χ1n) is 12.7. The van der Waals surface area contributed by atoms with Crippen LogP contribution in [0.2, 0.25) is 0 Å². The third-order valence-corrected chi connectivity index (χ3v) is 7.78. The molecule has 0 radical (unpaired) electrons. The van der Waals surface area contributed by atoms with Crippen LogP contribution in [-0.2, 0) is 9.47 Å². The molecule has 0 unspecified atom stereocenters. The molecule has 0 saturated heterocycles. The van der Waals surface area contributed by atoms with Crippen LogP contribution < -0.4 is 5.43 Å². The zero-order valence-electron chi connectivity index (χ0n) is 22.7. The highest BCUT2D eigenvalue weighted by molar-refractivity contribution is 7.99. The number of methoxy groups -OCH3 is 2. The predicted octanol–water partition coefficient (Wildman–Crippen LogP) is 4.25. The molecule has 3 N–H and O–H groups in total. The van der Waals surface area contributed by atoms with Crippen molar-refractivity contribution in [2.45, 2.75) is 9.79 Å². The van der Waals surface area contributed by atoms with Gasteiger partial charge in [0.25, 0.3) is 0 Å². The Morgan fingerprint density at radius 1 is 0.727 bits per heavy atom. The van der Waals surface area contributed by atoms with Crippen molar-refractivity contribution in [1.82, 2.24) is 19.9 Å². The first-order valence-corrected chi connectivity index (χ1v) is 13.5. The SMILES string of the molecule is COC(=O)c1cc(Sc2cc(C(=O)OC)c3nc4cccc(C(=O)O)c4nc3c2)c(=O)c2nc3c(C(=O)O)cccc3[nH]c1-2. The van der Waals surface area contributed by atoms with Crippen LogP contribution in [0.3, 0.4) is 0 Å². The van der Waals surface area contributed by atoms with Gasteiger partial charge in [-0.1, -0.05) is 23.9 Å². The van der Waals surface area contributed by atoms with E-state index in [1.807, 2.05) is 0 Å². The zero-order valence-corrected chi connectivity index (χ0v) is 23.5. The van der Waals surface area contributed by atoms with Crippen molar-refractivity contribution >= 4 is 68.7 Å². The highest BCUT2D eigenvalue weighted by atomic mass is 32.2. The molecule has 6 rings (SSSR count). The molecule has 2 aliphatic rings. The monoisotopic (exact) mass is 610 g/mol. The van der Waals surface area contributed by atoms with Gasteiger partial charge in [-0.2, -0.15) is 0 Å². The van der Waals surface area contributed by atoms with Crippen LogP contribution in [-0.4, -0.2) is 68.2 Å². The molecule has 1 aromatic heterocycles. The number of H-pyrrole nitrogens is 1. The number of hydrogen-bond acceptors (Lipinski definition) is 11. The van der Waals surface area contributed by atoms with Gasteiger partial charge in [0.15, 0.2) is 0 Å². The van der Waals surface area contributed by atoms with Gasteiger partial charge in [0, 0.05) is 4.90 Å². The van der Waals surface area contributed by atoms with E-state index in [-0.39, 0.29) is 71.6 Å². The normalized spacial score (nSPS) is 11.2. The summed E-state index contributed by atoms with van der Waals surface area (Å²) in [7, 11) is 2.36. The van der Waals surface area contributed by atoms with Crippen LogP contribution in [0.1, 0.15) is 41.4 Å². The second-order valence-electron chi connectivity index (χ2n) is 9.34. The van der Waals surface area contributed by atoms with Crippen LogP contribution >= 0.6 is 11.8 Å².